The maximum absolute atomic E-state index is 12.4. The first kappa shape index (κ1) is 19.6. The Morgan fingerprint density at radius 2 is 2.03 bits per heavy atom. The molecular weight excluding hydrogens is 388 g/mol. The van der Waals surface area contributed by atoms with Crippen molar-refractivity contribution in [1.82, 2.24) is 24.3 Å². The van der Waals surface area contributed by atoms with Crippen LogP contribution in [0.1, 0.15) is 39.7 Å². The quantitative estimate of drug-likeness (QED) is 0.625. The SMILES string of the molecule is CC(C)(C)OC(=O)N1CCCC(n2cc(-c3cc(S)c4c(N)cnn4c3)cn2)C1. The Morgan fingerprint density at radius 1 is 1.24 bits per heavy atom. The van der Waals surface area contributed by atoms with E-state index in [2.05, 4.69) is 22.8 Å². The molecule has 1 fully saturated rings. The molecule has 0 saturated carbocycles. The van der Waals surface area contributed by atoms with Crippen LogP contribution in [0.5, 0.6) is 0 Å². The van der Waals surface area contributed by atoms with Crippen molar-refractivity contribution >= 4 is 29.9 Å². The molecule has 0 aliphatic carbocycles. The standard InChI is InChI=1S/C20H26N6O2S/c1-20(2,3)28-19(27)24-6-4-5-15(12-24)25-11-14(8-22-25)13-7-17(29)18-16(21)9-23-26(18)10-13/h7-11,15,29H,4-6,12,21H2,1-3H3. The third-order valence-corrected chi connectivity index (χ3v) is 5.32. The van der Waals surface area contributed by atoms with Crippen LogP contribution in [0.25, 0.3) is 16.6 Å². The number of carbonyl (C=O) groups is 1. The lowest BCUT2D eigenvalue weighted by Crippen LogP contribution is -2.43. The third-order valence-electron chi connectivity index (χ3n) is 4.98. The lowest BCUT2D eigenvalue weighted by Gasteiger charge is -2.34. The van der Waals surface area contributed by atoms with Crippen LogP contribution < -0.4 is 5.73 Å². The predicted molar refractivity (Wildman–Crippen MR) is 114 cm³/mol. The molecule has 2 N–H and O–H groups in total. The van der Waals surface area contributed by atoms with E-state index in [1.54, 1.807) is 15.6 Å². The number of aromatic nitrogens is 4. The van der Waals surface area contributed by atoms with Crippen LogP contribution in [-0.4, -0.2) is 49.1 Å². The van der Waals surface area contributed by atoms with E-state index in [1.165, 1.54) is 0 Å². The number of hydrogen-bond acceptors (Lipinski definition) is 6. The van der Waals surface area contributed by atoms with Gasteiger partial charge < -0.3 is 15.4 Å². The number of pyridine rings is 1. The van der Waals surface area contributed by atoms with Gasteiger partial charge in [-0.25, -0.2) is 9.31 Å². The number of anilines is 1. The topological polar surface area (TPSA) is 90.7 Å². The number of nitrogens with zero attached hydrogens (tertiary/aromatic N) is 5. The van der Waals surface area contributed by atoms with E-state index >= 15 is 0 Å². The third kappa shape index (κ3) is 4.05. The van der Waals surface area contributed by atoms with Crippen molar-refractivity contribution in [3.8, 4) is 11.1 Å². The zero-order chi connectivity index (χ0) is 20.8. The molecule has 1 aliphatic rings. The molecule has 29 heavy (non-hydrogen) atoms. The molecule has 3 aromatic rings. The summed E-state index contributed by atoms with van der Waals surface area (Å²) >= 11 is 4.56. The smallest absolute Gasteiger partial charge is 0.410 e. The summed E-state index contributed by atoms with van der Waals surface area (Å²) < 4.78 is 9.19. The molecule has 0 spiro atoms. The summed E-state index contributed by atoms with van der Waals surface area (Å²) in [5, 5.41) is 8.84. The van der Waals surface area contributed by atoms with Gasteiger partial charge in [0.15, 0.2) is 0 Å². The molecule has 8 nitrogen and oxygen atoms in total. The number of amides is 1. The maximum atomic E-state index is 12.4. The van der Waals surface area contributed by atoms with E-state index < -0.39 is 5.60 Å². The van der Waals surface area contributed by atoms with Gasteiger partial charge in [0, 0.05) is 41.5 Å². The van der Waals surface area contributed by atoms with Gasteiger partial charge in [0.05, 0.1) is 24.1 Å². The number of piperidine rings is 1. The monoisotopic (exact) mass is 414 g/mol. The van der Waals surface area contributed by atoms with Crippen molar-refractivity contribution in [2.24, 2.45) is 0 Å². The van der Waals surface area contributed by atoms with E-state index in [-0.39, 0.29) is 12.1 Å². The van der Waals surface area contributed by atoms with Gasteiger partial charge in [0.1, 0.15) is 11.1 Å². The van der Waals surface area contributed by atoms with Crippen LogP contribution in [0.2, 0.25) is 0 Å². The van der Waals surface area contributed by atoms with E-state index in [1.807, 2.05) is 50.1 Å². The first-order valence-electron chi connectivity index (χ1n) is 9.69. The number of carbonyl (C=O) groups excluding carboxylic acids is 1. The number of thiol groups is 1. The summed E-state index contributed by atoms with van der Waals surface area (Å²) in [7, 11) is 0. The maximum Gasteiger partial charge on any atom is 0.410 e. The minimum absolute atomic E-state index is 0.115. The second kappa shape index (κ2) is 7.29. The van der Waals surface area contributed by atoms with E-state index in [9.17, 15) is 4.79 Å². The molecular formula is C20H26N6O2S. The molecule has 9 heteroatoms. The lowest BCUT2D eigenvalue weighted by molar-refractivity contribution is 0.0167. The molecule has 4 heterocycles. The molecule has 3 aromatic heterocycles. The largest absolute Gasteiger partial charge is 0.444 e. The highest BCUT2D eigenvalue weighted by atomic mass is 32.1. The number of likely N-dealkylation sites (tertiary alicyclic amines) is 1. The Labute approximate surface area is 175 Å². The normalized spacial score (nSPS) is 17.7. The Morgan fingerprint density at radius 3 is 2.79 bits per heavy atom. The highest BCUT2D eigenvalue weighted by molar-refractivity contribution is 7.80. The number of hydrogen-bond donors (Lipinski definition) is 2. The average molecular weight is 415 g/mol. The van der Waals surface area contributed by atoms with Crippen molar-refractivity contribution in [3.05, 3.63) is 30.9 Å². The molecule has 0 bridgehead atoms. The molecule has 154 valence electrons. The van der Waals surface area contributed by atoms with Crippen LogP contribution in [0, 0.1) is 0 Å². The first-order valence-corrected chi connectivity index (χ1v) is 10.1. The lowest BCUT2D eigenvalue weighted by atomic mass is 10.1. The summed E-state index contributed by atoms with van der Waals surface area (Å²) in [5.41, 5.74) is 8.77. The fourth-order valence-electron chi connectivity index (χ4n) is 3.63. The van der Waals surface area contributed by atoms with E-state index in [4.69, 9.17) is 10.5 Å². The van der Waals surface area contributed by atoms with E-state index in [0.717, 1.165) is 34.4 Å². The van der Waals surface area contributed by atoms with Crippen LogP contribution in [0.4, 0.5) is 10.5 Å². The van der Waals surface area contributed by atoms with Gasteiger partial charge in [-0.05, 0) is 39.7 Å². The number of nitrogen functional groups attached to an aromatic ring is 1. The molecule has 1 aliphatic heterocycles. The Balaban J connectivity index is 1.54. The molecule has 1 atom stereocenters. The second-order valence-electron chi connectivity index (χ2n) is 8.44. The number of rotatable bonds is 2. The summed E-state index contributed by atoms with van der Waals surface area (Å²) in [6, 6.07) is 2.08. The van der Waals surface area contributed by atoms with Crippen LogP contribution in [0.15, 0.2) is 35.7 Å². The number of fused-ring (bicyclic) bond motifs is 1. The van der Waals surface area contributed by atoms with Gasteiger partial charge in [-0.15, -0.1) is 12.6 Å². The van der Waals surface area contributed by atoms with Gasteiger partial charge in [-0.1, -0.05) is 0 Å². The second-order valence-corrected chi connectivity index (χ2v) is 8.92. The molecule has 4 rings (SSSR count). The zero-order valence-electron chi connectivity index (χ0n) is 16.9. The van der Waals surface area contributed by atoms with Gasteiger partial charge >= 0.3 is 6.09 Å². The van der Waals surface area contributed by atoms with Gasteiger partial charge in [0.2, 0.25) is 0 Å². The van der Waals surface area contributed by atoms with Gasteiger partial charge in [-0.3, -0.25) is 4.68 Å². The van der Waals surface area contributed by atoms with Crippen molar-refractivity contribution < 1.29 is 9.53 Å². The van der Waals surface area contributed by atoms with Crippen molar-refractivity contribution in [3.63, 3.8) is 0 Å². The minimum Gasteiger partial charge on any atom is -0.444 e. The molecule has 1 amide bonds. The summed E-state index contributed by atoms with van der Waals surface area (Å²) in [5.74, 6) is 0. The van der Waals surface area contributed by atoms with Crippen molar-refractivity contribution in [2.75, 3.05) is 18.8 Å². The summed E-state index contributed by atoms with van der Waals surface area (Å²) in [6.45, 7) is 6.94. The van der Waals surface area contributed by atoms with Crippen LogP contribution >= 0.6 is 12.6 Å². The average Bonchev–Trinajstić information content (AvgIpc) is 3.28. The number of ether oxygens (including phenoxy) is 1. The Hall–Kier alpha value is -2.68. The fraction of sp³-hybridized carbons (Fsp3) is 0.450. The van der Waals surface area contributed by atoms with Crippen LogP contribution in [0.3, 0.4) is 0 Å². The number of nitrogens with two attached hydrogens (primary N) is 1. The minimum atomic E-state index is -0.498. The zero-order valence-corrected chi connectivity index (χ0v) is 17.8. The fourth-order valence-corrected chi connectivity index (χ4v) is 4.00. The summed E-state index contributed by atoms with van der Waals surface area (Å²) in [6.07, 6.45) is 8.98. The molecule has 1 saturated heterocycles. The summed E-state index contributed by atoms with van der Waals surface area (Å²) in [4.78, 5) is 15.0. The molecule has 1 unspecified atom stereocenters. The predicted octanol–water partition coefficient (Wildman–Crippen LogP) is 3.64. The van der Waals surface area contributed by atoms with Crippen molar-refractivity contribution in [2.45, 2.75) is 50.2 Å². The van der Waals surface area contributed by atoms with Gasteiger partial charge in [0.25, 0.3) is 0 Å². The van der Waals surface area contributed by atoms with Crippen LogP contribution in [-0.2, 0) is 4.74 Å². The molecule has 0 aromatic carbocycles. The molecule has 0 radical (unpaired) electrons. The van der Waals surface area contributed by atoms with Gasteiger partial charge in [-0.2, -0.15) is 10.2 Å². The van der Waals surface area contributed by atoms with E-state index in [0.29, 0.717) is 18.8 Å². The highest BCUT2D eigenvalue weighted by Gasteiger charge is 2.28. The Bertz CT molecular complexity index is 1050. The highest BCUT2D eigenvalue weighted by Crippen LogP contribution is 2.29. The van der Waals surface area contributed by atoms with Crippen molar-refractivity contribution in [1.29, 1.82) is 0 Å². The first-order chi connectivity index (χ1) is 13.7. The Kier molecular flexibility index (Phi) is 4.94.